The molecule has 0 unspecified atom stereocenters. The quantitative estimate of drug-likeness (QED) is 0.688. The summed E-state index contributed by atoms with van der Waals surface area (Å²) < 4.78 is 15.5. The monoisotopic (exact) mass is 344 g/mol. The molecule has 1 aliphatic rings. The van der Waals surface area contributed by atoms with Crippen LogP contribution < -0.4 is 10.6 Å². The summed E-state index contributed by atoms with van der Waals surface area (Å²) in [4.78, 5) is 18.5. The second-order valence-electron chi connectivity index (χ2n) is 5.98. The number of hydrogen-bond acceptors (Lipinski definition) is 5. The van der Waals surface area contributed by atoms with Crippen LogP contribution in [0.4, 0.5) is 4.39 Å². The highest BCUT2D eigenvalue weighted by molar-refractivity contribution is 5.80. The van der Waals surface area contributed by atoms with Crippen LogP contribution >= 0.6 is 0 Å². The number of fused-ring (bicyclic) bond motifs is 1. The fraction of sp³-hybridized carbons (Fsp3) is 0.353. The van der Waals surface area contributed by atoms with Gasteiger partial charge in [0, 0.05) is 26.3 Å². The fourth-order valence-electron chi connectivity index (χ4n) is 3.02. The Balaban J connectivity index is 1.59. The Labute approximate surface area is 145 Å². The van der Waals surface area contributed by atoms with E-state index < -0.39 is 5.83 Å². The number of aryl methyl sites for hydroxylation is 1. The van der Waals surface area contributed by atoms with Crippen LogP contribution in [0.25, 0.3) is 5.65 Å². The van der Waals surface area contributed by atoms with E-state index in [0.717, 1.165) is 17.0 Å². The van der Waals surface area contributed by atoms with Gasteiger partial charge in [-0.3, -0.25) is 4.79 Å². The zero-order chi connectivity index (χ0) is 18.0. The third-order valence-electron chi connectivity index (χ3n) is 4.42. The summed E-state index contributed by atoms with van der Waals surface area (Å²) in [6.45, 7) is 3.17. The largest absolute Gasteiger partial charge is 0.372 e. The minimum atomic E-state index is -0.636. The van der Waals surface area contributed by atoms with E-state index in [4.69, 9.17) is 5.41 Å². The molecule has 0 aromatic carbocycles. The molecule has 0 radical (unpaired) electrons. The van der Waals surface area contributed by atoms with Crippen LogP contribution in [0.15, 0.2) is 36.0 Å². The molecule has 132 valence electrons. The standard InChI is InChI=1S/C17H21FN6O/c1-11-14(24-6-4-3-5-15(24)22-11)8-21-17(25)12-9-23(10-12)16(20-2)13(18)7-19/h3-7,12,19-20H,8-10H2,1-2H3,(H,21,25)/b16-13-,19-7?. The molecule has 3 N–H and O–H groups in total. The molecule has 0 aliphatic carbocycles. The molecule has 0 spiro atoms. The molecule has 3 rings (SSSR count). The van der Waals surface area contributed by atoms with Gasteiger partial charge in [-0.25, -0.2) is 9.37 Å². The van der Waals surface area contributed by atoms with Crippen molar-refractivity contribution in [3.8, 4) is 0 Å². The summed E-state index contributed by atoms with van der Waals surface area (Å²) in [6, 6.07) is 5.77. The summed E-state index contributed by atoms with van der Waals surface area (Å²) in [5.74, 6) is -0.645. The Morgan fingerprint density at radius 3 is 2.92 bits per heavy atom. The number of carbonyl (C=O) groups is 1. The van der Waals surface area contributed by atoms with Crippen LogP contribution in [-0.4, -0.2) is 46.5 Å². The molecule has 1 saturated heterocycles. The molecule has 2 aromatic rings. The molecule has 1 aliphatic heterocycles. The average Bonchev–Trinajstić information content (AvgIpc) is 2.90. The molecule has 0 atom stereocenters. The van der Waals surface area contributed by atoms with Crippen molar-refractivity contribution < 1.29 is 9.18 Å². The summed E-state index contributed by atoms with van der Waals surface area (Å²) in [5.41, 5.74) is 2.69. The SMILES string of the molecule is CN/C(=C(/F)C=N)N1CC(C(=O)NCc2c(C)nc3ccccn23)C1. The zero-order valence-corrected chi connectivity index (χ0v) is 14.2. The number of nitrogens with zero attached hydrogens (tertiary/aromatic N) is 3. The zero-order valence-electron chi connectivity index (χ0n) is 14.2. The number of imidazole rings is 1. The number of aromatic nitrogens is 2. The highest BCUT2D eigenvalue weighted by Crippen LogP contribution is 2.22. The number of likely N-dealkylation sites (tertiary alicyclic amines) is 1. The number of rotatable bonds is 6. The molecular formula is C17H21FN6O. The molecule has 7 nitrogen and oxygen atoms in total. The predicted octanol–water partition coefficient (Wildman–Crippen LogP) is 1.20. The molecule has 2 aromatic heterocycles. The molecule has 25 heavy (non-hydrogen) atoms. The van der Waals surface area contributed by atoms with Crippen molar-refractivity contribution >= 4 is 17.8 Å². The first-order chi connectivity index (χ1) is 12.0. The minimum Gasteiger partial charge on any atom is -0.372 e. The number of carbonyl (C=O) groups excluding carboxylic acids is 1. The minimum absolute atomic E-state index is 0.0627. The molecule has 1 fully saturated rings. The summed E-state index contributed by atoms with van der Waals surface area (Å²) in [6.07, 6.45) is 2.58. The van der Waals surface area contributed by atoms with Gasteiger partial charge in [-0.1, -0.05) is 6.07 Å². The lowest BCUT2D eigenvalue weighted by molar-refractivity contribution is -0.129. The Kier molecular flexibility index (Phi) is 4.69. The summed E-state index contributed by atoms with van der Waals surface area (Å²) >= 11 is 0. The molecule has 1 amide bonds. The number of halogens is 1. The third kappa shape index (κ3) is 3.19. The van der Waals surface area contributed by atoms with E-state index in [1.54, 1.807) is 11.9 Å². The molecular weight excluding hydrogens is 323 g/mol. The van der Waals surface area contributed by atoms with E-state index in [-0.39, 0.29) is 17.6 Å². The van der Waals surface area contributed by atoms with Gasteiger partial charge in [-0.2, -0.15) is 0 Å². The normalized spacial score (nSPS) is 15.6. The molecule has 0 bridgehead atoms. The topological polar surface area (TPSA) is 85.5 Å². The Morgan fingerprint density at radius 1 is 1.48 bits per heavy atom. The van der Waals surface area contributed by atoms with E-state index in [2.05, 4.69) is 15.6 Å². The van der Waals surface area contributed by atoms with Gasteiger partial charge in [0.15, 0.2) is 5.83 Å². The fourth-order valence-corrected chi connectivity index (χ4v) is 3.02. The van der Waals surface area contributed by atoms with E-state index in [1.807, 2.05) is 35.7 Å². The Hall–Kier alpha value is -2.90. The van der Waals surface area contributed by atoms with Crippen LogP contribution in [0.1, 0.15) is 11.4 Å². The second-order valence-corrected chi connectivity index (χ2v) is 5.98. The first-order valence-corrected chi connectivity index (χ1v) is 8.08. The predicted molar refractivity (Wildman–Crippen MR) is 92.8 cm³/mol. The van der Waals surface area contributed by atoms with Crippen molar-refractivity contribution in [3.05, 3.63) is 47.4 Å². The van der Waals surface area contributed by atoms with Crippen molar-refractivity contribution in [1.82, 2.24) is 24.9 Å². The molecule has 0 saturated carbocycles. The van der Waals surface area contributed by atoms with Gasteiger partial charge in [0.25, 0.3) is 0 Å². The first-order valence-electron chi connectivity index (χ1n) is 8.08. The summed E-state index contributed by atoms with van der Waals surface area (Å²) in [7, 11) is 1.60. The van der Waals surface area contributed by atoms with Gasteiger partial charge in [-0.05, 0) is 19.1 Å². The maximum atomic E-state index is 13.5. The van der Waals surface area contributed by atoms with Gasteiger partial charge in [0.1, 0.15) is 11.5 Å². The van der Waals surface area contributed by atoms with E-state index in [1.165, 1.54) is 0 Å². The highest BCUT2D eigenvalue weighted by atomic mass is 19.1. The molecule has 3 heterocycles. The van der Waals surface area contributed by atoms with Gasteiger partial charge in [0.05, 0.1) is 30.1 Å². The highest BCUT2D eigenvalue weighted by Gasteiger charge is 2.34. The van der Waals surface area contributed by atoms with Crippen molar-refractivity contribution in [2.75, 3.05) is 20.1 Å². The number of nitrogens with one attached hydrogen (secondary N) is 3. The van der Waals surface area contributed by atoms with Gasteiger partial charge in [0.2, 0.25) is 5.91 Å². The lowest BCUT2D eigenvalue weighted by Crippen LogP contribution is -2.54. The average molecular weight is 344 g/mol. The second kappa shape index (κ2) is 6.92. The number of amides is 1. The van der Waals surface area contributed by atoms with E-state index >= 15 is 0 Å². The smallest absolute Gasteiger partial charge is 0.227 e. The molecule has 8 heteroatoms. The first kappa shape index (κ1) is 16.9. The third-order valence-corrected chi connectivity index (χ3v) is 4.42. The van der Waals surface area contributed by atoms with Crippen molar-refractivity contribution in [3.63, 3.8) is 0 Å². The van der Waals surface area contributed by atoms with Crippen molar-refractivity contribution in [1.29, 1.82) is 5.41 Å². The Bertz CT molecular complexity index is 837. The van der Waals surface area contributed by atoms with Crippen molar-refractivity contribution in [2.24, 2.45) is 5.92 Å². The number of pyridine rings is 1. The maximum Gasteiger partial charge on any atom is 0.227 e. The van der Waals surface area contributed by atoms with Gasteiger partial charge in [-0.15, -0.1) is 0 Å². The number of hydrogen-bond donors (Lipinski definition) is 3. The van der Waals surface area contributed by atoms with Crippen LogP contribution in [-0.2, 0) is 11.3 Å². The summed E-state index contributed by atoms with van der Waals surface area (Å²) in [5, 5.41) is 12.7. The number of allylic oxidation sites excluding steroid dienone is 1. The van der Waals surface area contributed by atoms with Gasteiger partial charge >= 0.3 is 0 Å². The van der Waals surface area contributed by atoms with Crippen LogP contribution in [0.3, 0.4) is 0 Å². The maximum absolute atomic E-state index is 13.5. The van der Waals surface area contributed by atoms with E-state index in [0.29, 0.717) is 25.8 Å². The van der Waals surface area contributed by atoms with Crippen LogP contribution in [0.5, 0.6) is 0 Å². The lowest BCUT2D eigenvalue weighted by Gasteiger charge is -2.41. The van der Waals surface area contributed by atoms with Crippen LogP contribution in [0.2, 0.25) is 0 Å². The van der Waals surface area contributed by atoms with E-state index in [9.17, 15) is 9.18 Å². The van der Waals surface area contributed by atoms with Crippen LogP contribution in [0, 0.1) is 18.3 Å². The van der Waals surface area contributed by atoms with Crippen molar-refractivity contribution in [2.45, 2.75) is 13.5 Å². The van der Waals surface area contributed by atoms with Gasteiger partial charge < -0.3 is 25.3 Å². The lowest BCUT2D eigenvalue weighted by atomic mass is 9.99. The Morgan fingerprint density at radius 2 is 2.24 bits per heavy atom.